The number of carbonyl (C=O) groups is 2. The van der Waals surface area contributed by atoms with Crippen LogP contribution in [0.5, 0.6) is 0 Å². The first-order valence-corrected chi connectivity index (χ1v) is 6.53. The van der Waals surface area contributed by atoms with Crippen LogP contribution in [0.1, 0.15) is 10.4 Å². The molecule has 0 aliphatic carbocycles. The summed E-state index contributed by atoms with van der Waals surface area (Å²) >= 11 is 1.33. The molecule has 0 aromatic carbocycles. The molecule has 20 heavy (non-hydrogen) atoms. The molecule has 1 amide bonds. The van der Waals surface area contributed by atoms with Gasteiger partial charge in [-0.3, -0.25) is 4.79 Å². The van der Waals surface area contributed by atoms with Crippen molar-refractivity contribution in [1.29, 1.82) is 0 Å². The van der Waals surface area contributed by atoms with Crippen LogP contribution in [-0.4, -0.2) is 62.3 Å². The third-order valence-corrected chi connectivity index (χ3v) is 2.55. The average Bonchev–Trinajstić information content (AvgIpc) is 2.83. The monoisotopic (exact) mass is 298 g/mol. The van der Waals surface area contributed by atoms with Crippen LogP contribution in [0, 0.1) is 0 Å². The van der Waals surface area contributed by atoms with Gasteiger partial charge in [-0.2, -0.15) is 9.50 Å². The van der Waals surface area contributed by atoms with Gasteiger partial charge in [0.1, 0.15) is 11.4 Å². The Morgan fingerprint density at radius 2 is 2.15 bits per heavy atom. The molecule has 0 bridgehead atoms. The number of amides is 1. The van der Waals surface area contributed by atoms with E-state index in [1.807, 2.05) is 6.26 Å². The quantitative estimate of drug-likeness (QED) is 0.590. The molecule has 108 valence electrons. The summed E-state index contributed by atoms with van der Waals surface area (Å²) in [5.74, 6) is -0.815. The summed E-state index contributed by atoms with van der Waals surface area (Å²) in [6.45, 7) is 0. The summed E-state index contributed by atoms with van der Waals surface area (Å²) in [5.41, 5.74) is 5.54. The Morgan fingerprint density at radius 1 is 1.55 bits per heavy atom. The number of anilines is 1. The highest BCUT2D eigenvalue weighted by molar-refractivity contribution is 7.98. The van der Waals surface area contributed by atoms with E-state index in [9.17, 15) is 9.59 Å². The molecule has 0 saturated heterocycles. The molecular formula is C10H14N6O3S. The Morgan fingerprint density at radius 3 is 2.60 bits per heavy atom. The molecule has 2 aromatic heterocycles. The molecular weight excluding hydrogens is 284 g/mol. The normalized spacial score (nSPS) is 9.75. The van der Waals surface area contributed by atoms with E-state index < -0.39 is 5.97 Å². The van der Waals surface area contributed by atoms with Gasteiger partial charge in [0, 0.05) is 20.3 Å². The van der Waals surface area contributed by atoms with Gasteiger partial charge in [0.25, 0.3) is 5.78 Å². The molecule has 0 fully saturated rings. The third kappa shape index (κ3) is 3.57. The lowest BCUT2D eigenvalue weighted by Gasteiger charge is -2.00. The highest BCUT2D eigenvalue weighted by Gasteiger charge is 2.14. The number of hydrogen-bond donors (Lipinski definition) is 2. The molecule has 3 N–H and O–H groups in total. The first-order valence-electron chi connectivity index (χ1n) is 5.31. The lowest BCUT2D eigenvalue weighted by molar-refractivity contribution is -0.115. The average molecular weight is 298 g/mol. The molecule has 0 aliphatic rings. The minimum Gasteiger partial charge on any atom is -0.477 e. The van der Waals surface area contributed by atoms with Gasteiger partial charge in [-0.15, -0.1) is 5.10 Å². The van der Waals surface area contributed by atoms with Gasteiger partial charge in [-0.05, 0) is 6.26 Å². The number of nitrogen functional groups attached to an aromatic ring is 1. The summed E-state index contributed by atoms with van der Waals surface area (Å²) in [6, 6.07) is 0. The number of rotatable bonds is 3. The molecule has 2 heterocycles. The Labute approximate surface area is 118 Å². The van der Waals surface area contributed by atoms with Crippen molar-refractivity contribution in [3.05, 3.63) is 11.8 Å². The number of nitrogens with zero attached hydrogens (tertiary/aromatic N) is 5. The van der Waals surface area contributed by atoms with E-state index >= 15 is 0 Å². The standard InChI is InChI=1S/C7H7N5O2S.C3H7NO/c1-15-7-10-6-9-2-3(5(13)14)4(8)12(6)11-7;1-4(2)3-5/h2H,8H2,1H3,(H,13,14);3H,1-2H3. The fraction of sp³-hybridized carbons (Fsp3) is 0.300. The highest BCUT2D eigenvalue weighted by Crippen LogP contribution is 2.15. The Bertz CT molecular complexity index is 627. The van der Waals surface area contributed by atoms with Gasteiger partial charge < -0.3 is 15.7 Å². The van der Waals surface area contributed by atoms with Gasteiger partial charge in [0.15, 0.2) is 0 Å². The van der Waals surface area contributed by atoms with E-state index in [1.165, 1.54) is 27.4 Å². The summed E-state index contributed by atoms with van der Waals surface area (Å²) in [6.07, 6.45) is 3.73. The lowest BCUT2D eigenvalue weighted by atomic mass is 10.3. The van der Waals surface area contributed by atoms with E-state index in [-0.39, 0.29) is 11.4 Å². The minimum atomic E-state index is -1.14. The number of fused-ring (bicyclic) bond motifs is 1. The van der Waals surface area contributed by atoms with E-state index in [0.717, 1.165) is 6.41 Å². The Balaban J connectivity index is 0.000000347. The van der Waals surface area contributed by atoms with Crippen molar-refractivity contribution in [2.45, 2.75) is 5.16 Å². The molecule has 0 radical (unpaired) electrons. The van der Waals surface area contributed by atoms with Crippen molar-refractivity contribution >= 4 is 35.7 Å². The van der Waals surface area contributed by atoms with Crippen molar-refractivity contribution in [3.8, 4) is 0 Å². The maximum atomic E-state index is 10.8. The van der Waals surface area contributed by atoms with Crippen molar-refractivity contribution in [3.63, 3.8) is 0 Å². The summed E-state index contributed by atoms with van der Waals surface area (Å²) in [5, 5.41) is 13.3. The van der Waals surface area contributed by atoms with Gasteiger partial charge in [-0.25, -0.2) is 9.78 Å². The van der Waals surface area contributed by atoms with Gasteiger partial charge in [0.2, 0.25) is 11.6 Å². The van der Waals surface area contributed by atoms with Crippen molar-refractivity contribution in [2.24, 2.45) is 0 Å². The summed E-state index contributed by atoms with van der Waals surface area (Å²) < 4.78 is 1.22. The number of aromatic nitrogens is 4. The van der Waals surface area contributed by atoms with E-state index in [0.29, 0.717) is 10.9 Å². The second-order valence-corrected chi connectivity index (χ2v) is 4.51. The molecule has 0 unspecified atom stereocenters. The zero-order valence-corrected chi connectivity index (χ0v) is 12.0. The largest absolute Gasteiger partial charge is 0.477 e. The number of hydrogen-bond acceptors (Lipinski definition) is 7. The Hall–Kier alpha value is -2.36. The fourth-order valence-corrected chi connectivity index (χ4v) is 1.42. The predicted molar refractivity (Wildman–Crippen MR) is 73.7 cm³/mol. The Kier molecular flexibility index (Phi) is 5.26. The van der Waals surface area contributed by atoms with E-state index in [2.05, 4.69) is 15.1 Å². The van der Waals surface area contributed by atoms with Crippen molar-refractivity contribution in [1.82, 2.24) is 24.5 Å². The third-order valence-electron chi connectivity index (χ3n) is 2.01. The first-order chi connectivity index (χ1) is 9.40. The predicted octanol–water partition coefficient (Wildman–Crippen LogP) is -0.169. The zero-order valence-electron chi connectivity index (χ0n) is 11.1. The second kappa shape index (κ2) is 6.70. The molecule has 0 aliphatic heterocycles. The van der Waals surface area contributed by atoms with Crippen LogP contribution in [0.2, 0.25) is 0 Å². The number of thioether (sulfide) groups is 1. The molecule has 0 spiro atoms. The maximum absolute atomic E-state index is 10.8. The van der Waals surface area contributed by atoms with E-state index in [1.54, 1.807) is 14.1 Å². The number of carboxylic acid groups (broad SMARTS) is 1. The SMILES string of the molecule is CN(C)C=O.CSc1nc2ncc(C(=O)O)c(N)n2n1. The molecule has 0 atom stereocenters. The van der Waals surface area contributed by atoms with Crippen molar-refractivity contribution in [2.75, 3.05) is 26.1 Å². The van der Waals surface area contributed by atoms with Crippen LogP contribution in [0.3, 0.4) is 0 Å². The van der Waals surface area contributed by atoms with Gasteiger partial charge in [-0.1, -0.05) is 11.8 Å². The maximum Gasteiger partial charge on any atom is 0.341 e. The second-order valence-electron chi connectivity index (χ2n) is 3.74. The number of carbonyl (C=O) groups excluding carboxylic acids is 1. The summed E-state index contributed by atoms with van der Waals surface area (Å²) in [7, 11) is 3.38. The van der Waals surface area contributed by atoms with Crippen LogP contribution in [0.25, 0.3) is 5.78 Å². The highest BCUT2D eigenvalue weighted by atomic mass is 32.2. The molecule has 10 heteroatoms. The van der Waals surface area contributed by atoms with Gasteiger partial charge in [0.05, 0.1) is 0 Å². The number of aromatic carboxylic acids is 1. The van der Waals surface area contributed by atoms with Crippen LogP contribution < -0.4 is 5.73 Å². The molecule has 9 nitrogen and oxygen atoms in total. The van der Waals surface area contributed by atoms with Crippen molar-refractivity contribution < 1.29 is 14.7 Å². The van der Waals surface area contributed by atoms with Crippen LogP contribution in [-0.2, 0) is 4.79 Å². The summed E-state index contributed by atoms with van der Waals surface area (Å²) in [4.78, 5) is 29.5. The van der Waals surface area contributed by atoms with Crippen LogP contribution >= 0.6 is 11.8 Å². The lowest BCUT2D eigenvalue weighted by Crippen LogP contribution is -2.09. The topological polar surface area (TPSA) is 127 Å². The van der Waals surface area contributed by atoms with E-state index in [4.69, 9.17) is 10.8 Å². The molecule has 2 aromatic rings. The van der Waals surface area contributed by atoms with Gasteiger partial charge >= 0.3 is 5.97 Å². The fourth-order valence-electron chi connectivity index (χ4n) is 1.08. The van der Waals surface area contributed by atoms with Crippen LogP contribution in [0.15, 0.2) is 11.4 Å². The molecule has 2 rings (SSSR count). The smallest absolute Gasteiger partial charge is 0.341 e. The zero-order chi connectivity index (χ0) is 15.3. The number of carboxylic acids is 1. The first kappa shape index (κ1) is 15.7. The molecule has 0 saturated carbocycles. The minimum absolute atomic E-state index is 0.0281. The number of nitrogens with two attached hydrogens (primary N) is 1. The van der Waals surface area contributed by atoms with Crippen LogP contribution in [0.4, 0.5) is 5.82 Å².